The second-order valence-corrected chi connectivity index (χ2v) is 2.79. The zero-order valence-corrected chi connectivity index (χ0v) is 8.01. The Morgan fingerprint density at radius 3 is 2.58 bits per heavy atom. The Balaban J connectivity index is 3.71. The molecule has 1 atom stereocenters. The van der Waals surface area contributed by atoms with E-state index in [1.807, 2.05) is 13.8 Å². The summed E-state index contributed by atoms with van der Waals surface area (Å²) in [5.74, 6) is -0.0260. The highest BCUT2D eigenvalue weighted by molar-refractivity contribution is 5.72. The molecule has 0 aliphatic carbocycles. The molecular formula is C9H19NO2. The molecule has 0 fully saturated rings. The fourth-order valence-electron chi connectivity index (χ4n) is 1.11. The predicted molar refractivity (Wildman–Crippen MR) is 48.7 cm³/mol. The number of carbonyl (C=O) groups excluding carboxylic acids is 1. The van der Waals surface area contributed by atoms with Crippen LogP contribution in [-0.4, -0.2) is 19.1 Å². The third-order valence-corrected chi connectivity index (χ3v) is 1.87. The first kappa shape index (κ1) is 11.4. The van der Waals surface area contributed by atoms with Gasteiger partial charge in [-0.25, -0.2) is 0 Å². The van der Waals surface area contributed by atoms with Crippen molar-refractivity contribution in [3.8, 4) is 0 Å². The van der Waals surface area contributed by atoms with Crippen molar-refractivity contribution >= 4 is 5.97 Å². The molecule has 0 bridgehead atoms. The Labute approximate surface area is 74.3 Å². The second-order valence-electron chi connectivity index (χ2n) is 2.79. The van der Waals surface area contributed by atoms with Gasteiger partial charge >= 0.3 is 5.97 Å². The first-order valence-electron chi connectivity index (χ1n) is 4.62. The van der Waals surface area contributed by atoms with Gasteiger partial charge in [0.15, 0.2) is 0 Å². The molecule has 0 spiro atoms. The van der Waals surface area contributed by atoms with E-state index in [9.17, 15) is 4.79 Å². The summed E-state index contributed by atoms with van der Waals surface area (Å²) in [6.07, 6.45) is 2.60. The minimum atomic E-state index is -0.0755. The third-order valence-electron chi connectivity index (χ3n) is 1.87. The van der Waals surface area contributed by atoms with Gasteiger partial charge < -0.3 is 10.5 Å². The maximum Gasteiger partial charge on any atom is 0.308 e. The first-order valence-corrected chi connectivity index (χ1v) is 4.62. The largest absolute Gasteiger partial charge is 0.466 e. The molecule has 3 nitrogen and oxygen atoms in total. The lowest BCUT2D eigenvalue weighted by Gasteiger charge is -2.12. The summed E-state index contributed by atoms with van der Waals surface area (Å²) in [5, 5.41) is 0. The van der Waals surface area contributed by atoms with E-state index in [1.165, 1.54) is 0 Å². The van der Waals surface area contributed by atoms with Crippen LogP contribution in [0.4, 0.5) is 0 Å². The van der Waals surface area contributed by atoms with E-state index in [2.05, 4.69) is 0 Å². The number of ether oxygens (including phenoxy) is 1. The van der Waals surface area contributed by atoms with Crippen molar-refractivity contribution in [1.29, 1.82) is 0 Å². The number of nitrogens with two attached hydrogens (primary N) is 1. The number of hydrogen-bond donors (Lipinski definition) is 1. The Bertz CT molecular complexity index is 126. The lowest BCUT2D eigenvalue weighted by Crippen LogP contribution is -2.18. The SMILES string of the molecule is CCOC(=O)C(CC)CCCN. The summed E-state index contributed by atoms with van der Waals surface area (Å²) >= 11 is 0. The smallest absolute Gasteiger partial charge is 0.308 e. The van der Waals surface area contributed by atoms with Crippen LogP contribution in [0.3, 0.4) is 0 Å². The molecule has 0 saturated heterocycles. The molecule has 72 valence electrons. The monoisotopic (exact) mass is 173 g/mol. The molecular weight excluding hydrogens is 154 g/mol. The minimum Gasteiger partial charge on any atom is -0.466 e. The molecule has 0 heterocycles. The van der Waals surface area contributed by atoms with Crippen LogP contribution >= 0.6 is 0 Å². The van der Waals surface area contributed by atoms with Gasteiger partial charge in [-0.1, -0.05) is 6.92 Å². The summed E-state index contributed by atoms with van der Waals surface area (Å²) in [4.78, 5) is 11.2. The summed E-state index contributed by atoms with van der Waals surface area (Å²) in [6, 6.07) is 0. The van der Waals surface area contributed by atoms with Crippen LogP contribution in [0, 0.1) is 5.92 Å². The number of carbonyl (C=O) groups is 1. The predicted octanol–water partition coefficient (Wildman–Crippen LogP) is 1.31. The van der Waals surface area contributed by atoms with Crippen molar-refractivity contribution in [2.45, 2.75) is 33.1 Å². The number of hydrogen-bond acceptors (Lipinski definition) is 3. The Morgan fingerprint density at radius 2 is 2.17 bits per heavy atom. The lowest BCUT2D eigenvalue weighted by molar-refractivity contribution is -0.148. The van der Waals surface area contributed by atoms with E-state index in [4.69, 9.17) is 10.5 Å². The van der Waals surface area contributed by atoms with Gasteiger partial charge in [0, 0.05) is 0 Å². The van der Waals surface area contributed by atoms with Crippen molar-refractivity contribution in [1.82, 2.24) is 0 Å². The summed E-state index contributed by atoms with van der Waals surface area (Å²) < 4.78 is 4.91. The van der Waals surface area contributed by atoms with Gasteiger partial charge in [-0.2, -0.15) is 0 Å². The fraction of sp³-hybridized carbons (Fsp3) is 0.889. The molecule has 1 unspecified atom stereocenters. The van der Waals surface area contributed by atoms with Gasteiger partial charge in [-0.05, 0) is 32.7 Å². The van der Waals surface area contributed by atoms with E-state index in [0.29, 0.717) is 13.2 Å². The molecule has 0 aliphatic rings. The average molecular weight is 173 g/mol. The molecule has 0 aromatic rings. The molecule has 0 aliphatic heterocycles. The summed E-state index contributed by atoms with van der Waals surface area (Å²) in [5.41, 5.74) is 5.35. The second kappa shape index (κ2) is 7.10. The number of esters is 1. The zero-order valence-electron chi connectivity index (χ0n) is 8.01. The van der Waals surface area contributed by atoms with Gasteiger partial charge in [-0.15, -0.1) is 0 Å². The molecule has 0 aromatic carbocycles. The molecule has 0 amide bonds. The summed E-state index contributed by atoms with van der Waals surface area (Å²) in [6.45, 7) is 4.94. The topological polar surface area (TPSA) is 52.3 Å². The molecule has 3 heteroatoms. The average Bonchev–Trinajstić information content (AvgIpc) is 2.06. The van der Waals surface area contributed by atoms with Gasteiger partial charge in [0.2, 0.25) is 0 Å². The maximum atomic E-state index is 11.2. The van der Waals surface area contributed by atoms with Crippen LogP contribution in [-0.2, 0) is 9.53 Å². The number of rotatable bonds is 6. The fourth-order valence-corrected chi connectivity index (χ4v) is 1.11. The van der Waals surface area contributed by atoms with Crippen molar-refractivity contribution in [3.63, 3.8) is 0 Å². The van der Waals surface area contributed by atoms with E-state index in [1.54, 1.807) is 0 Å². The van der Waals surface area contributed by atoms with Crippen molar-refractivity contribution in [2.24, 2.45) is 11.7 Å². The Hall–Kier alpha value is -0.570. The zero-order chi connectivity index (χ0) is 9.40. The van der Waals surface area contributed by atoms with E-state index in [0.717, 1.165) is 19.3 Å². The maximum absolute atomic E-state index is 11.2. The third kappa shape index (κ3) is 4.34. The van der Waals surface area contributed by atoms with Crippen molar-refractivity contribution in [3.05, 3.63) is 0 Å². The van der Waals surface area contributed by atoms with Gasteiger partial charge in [0.1, 0.15) is 0 Å². The van der Waals surface area contributed by atoms with Gasteiger partial charge in [0.05, 0.1) is 12.5 Å². The van der Waals surface area contributed by atoms with E-state index >= 15 is 0 Å². The highest BCUT2D eigenvalue weighted by atomic mass is 16.5. The normalized spacial score (nSPS) is 12.6. The van der Waals surface area contributed by atoms with Crippen LogP contribution in [0.15, 0.2) is 0 Å². The van der Waals surface area contributed by atoms with Gasteiger partial charge in [0.25, 0.3) is 0 Å². The van der Waals surface area contributed by atoms with E-state index in [-0.39, 0.29) is 11.9 Å². The summed E-state index contributed by atoms with van der Waals surface area (Å²) in [7, 11) is 0. The highest BCUT2D eigenvalue weighted by Gasteiger charge is 2.16. The molecule has 0 rings (SSSR count). The van der Waals surface area contributed by atoms with Gasteiger partial charge in [-0.3, -0.25) is 4.79 Å². The molecule has 2 N–H and O–H groups in total. The van der Waals surface area contributed by atoms with E-state index < -0.39 is 0 Å². The van der Waals surface area contributed by atoms with Crippen LogP contribution < -0.4 is 5.73 Å². The standard InChI is InChI=1S/C9H19NO2/c1-3-8(6-5-7-10)9(11)12-4-2/h8H,3-7,10H2,1-2H3. The van der Waals surface area contributed by atoms with Crippen LogP contribution in [0.25, 0.3) is 0 Å². The molecule has 12 heavy (non-hydrogen) atoms. The Morgan fingerprint density at radius 1 is 1.50 bits per heavy atom. The van der Waals surface area contributed by atoms with Crippen LogP contribution in [0.5, 0.6) is 0 Å². The van der Waals surface area contributed by atoms with Crippen molar-refractivity contribution < 1.29 is 9.53 Å². The van der Waals surface area contributed by atoms with Crippen molar-refractivity contribution in [2.75, 3.05) is 13.2 Å². The highest BCUT2D eigenvalue weighted by Crippen LogP contribution is 2.12. The van der Waals surface area contributed by atoms with Crippen LogP contribution in [0.2, 0.25) is 0 Å². The first-order chi connectivity index (χ1) is 5.76. The Kier molecular flexibility index (Phi) is 6.76. The van der Waals surface area contributed by atoms with Crippen LogP contribution in [0.1, 0.15) is 33.1 Å². The quantitative estimate of drug-likeness (QED) is 0.616. The molecule has 0 saturated carbocycles. The molecule has 0 radical (unpaired) electrons. The lowest BCUT2D eigenvalue weighted by atomic mass is 10.0. The minimum absolute atomic E-state index is 0.0495. The molecule has 0 aromatic heterocycles.